The molecule has 0 radical (unpaired) electrons. The molecule has 8 nitrogen and oxygen atoms in total. The molecule has 0 aliphatic heterocycles. The molecule has 1 N–H and O–H groups in total. The smallest absolute Gasteiger partial charge is 0.331 e. The van der Waals surface area contributed by atoms with E-state index in [0.29, 0.717) is 22.7 Å². The van der Waals surface area contributed by atoms with E-state index in [9.17, 15) is 19.7 Å². The number of hydrogen-bond donors (Lipinski definition) is 1. The fourth-order valence-electron chi connectivity index (χ4n) is 3.21. The van der Waals surface area contributed by atoms with Crippen molar-refractivity contribution in [2.75, 3.05) is 11.9 Å². The van der Waals surface area contributed by atoms with Crippen LogP contribution in [0.2, 0.25) is 0 Å². The zero-order valence-corrected chi connectivity index (χ0v) is 20.4. The molecule has 0 fully saturated rings. The van der Waals surface area contributed by atoms with Gasteiger partial charge in [-0.25, -0.2) is 4.79 Å². The number of anilines is 1. The molecule has 0 heterocycles. The van der Waals surface area contributed by atoms with Crippen molar-refractivity contribution in [3.63, 3.8) is 0 Å². The molecule has 3 aromatic rings. The molecule has 0 saturated carbocycles. The van der Waals surface area contributed by atoms with E-state index >= 15 is 0 Å². The Morgan fingerprint density at radius 1 is 1.00 bits per heavy atom. The number of benzene rings is 3. The fourth-order valence-corrected chi connectivity index (χ4v) is 3.21. The van der Waals surface area contributed by atoms with Gasteiger partial charge in [-0.05, 0) is 65.4 Å². The molecule has 0 atom stereocenters. The third-order valence-corrected chi connectivity index (χ3v) is 5.73. The molecule has 0 bridgehead atoms. The number of nitro groups is 1. The van der Waals surface area contributed by atoms with Crippen molar-refractivity contribution >= 4 is 29.3 Å². The number of nitrogens with one attached hydrogen (secondary N) is 1. The summed E-state index contributed by atoms with van der Waals surface area (Å²) < 4.78 is 10.8. The summed E-state index contributed by atoms with van der Waals surface area (Å²) in [7, 11) is 0. The molecule has 0 aliphatic rings. The van der Waals surface area contributed by atoms with Crippen molar-refractivity contribution in [1.82, 2.24) is 0 Å². The second-order valence-electron chi connectivity index (χ2n) is 8.73. The zero-order valence-electron chi connectivity index (χ0n) is 20.4. The Morgan fingerprint density at radius 3 is 2.25 bits per heavy atom. The number of ether oxygens (including phenoxy) is 2. The van der Waals surface area contributed by atoms with Gasteiger partial charge < -0.3 is 14.8 Å². The lowest BCUT2D eigenvalue weighted by Crippen LogP contribution is -2.20. The van der Waals surface area contributed by atoms with E-state index in [4.69, 9.17) is 9.47 Å². The minimum absolute atomic E-state index is 0.0877. The minimum Gasteiger partial charge on any atom is -0.457 e. The van der Waals surface area contributed by atoms with Crippen LogP contribution in [0.5, 0.6) is 11.5 Å². The van der Waals surface area contributed by atoms with Gasteiger partial charge in [0, 0.05) is 23.9 Å². The summed E-state index contributed by atoms with van der Waals surface area (Å²) in [6.45, 7) is 6.09. The molecule has 1 amide bonds. The average Bonchev–Trinajstić information content (AvgIpc) is 2.88. The number of carbonyl (C=O) groups is 2. The highest BCUT2D eigenvalue weighted by Gasteiger charge is 2.17. The second kappa shape index (κ2) is 11.8. The van der Waals surface area contributed by atoms with Crippen LogP contribution in [-0.2, 0) is 19.7 Å². The summed E-state index contributed by atoms with van der Waals surface area (Å²) in [5.74, 6) is 0.0874. The van der Waals surface area contributed by atoms with Gasteiger partial charge in [0.1, 0.15) is 11.5 Å². The van der Waals surface area contributed by atoms with Crippen LogP contribution in [0.3, 0.4) is 0 Å². The molecule has 186 valence electrons. The number of nitrogens with zero attached hydrogens (tertiary/aromatic N) is 1. The van der Waals surface area contributed by atoms with Gasteiger partial charge in [0.05, 0.1) is 4.92 Å². The van der Waals surface area contributed by atoms with Crippen molar-refractivity contribution in [3.8, 4) is 11.5 Å². The summed E-state index contributed by atoms with van der Waals surface area (Å²) in [5.41, 5.74) is 2.25. The first-order chi connectivity index (χ1) is 17.2. The average molecular weight is 489 g/mol. The number of rotatable bonds is 10. The highest BCUT2D eigenvalue weighted by molar-refractivity contribution is 5.94. The van der Waals surface area contributed by atoms with Crippen LogP contribution in [0.15, 0.2) is 78.9 Å². The normalized spacial score (nSPS) is 11.2. The number of hydrogen-bond acceptors (Lipinski definition) is 6. The fraction of sp³-hybridized carbons (Fsp3) is 0.214. The molecule has 36 heavy (non-hydrogen) atoms. The number of amides is 1. The predicted octanol–water partition coefficient (Wildman–Crippen LogP) is 6.27. The third-order valence-electron chi connectivity index (χ3n) is 5.73. The Balaban J connectivity index is 1.47. The first-order valence-electron chi connectivity index (χ1n) is 11.4. The van der Waals surface area contributed by atoms with Crippen LogP contribution >= 0.6 is 0 Å². The Bertz CT molecular complexity index is 1250. The highest BCUT2D eigenvalue weighted by atomic mass is 16.6. The van der Waals surface area contributed by atoms with E-state index in [1.54, 1.807) is 30.3 Å². The molecule has 0 saturated heterocycles. The molecule has 0 spiro atoms. The van der Waals surface area contributed by atoms with Crippen molar-refractivity contribution in [1.29, 1.82) is 0 Å². The van der Waals surface area contributed by atoms with Gasteiger partial charge in [0.2, 0.25) is 0 Å². The maximum atomic E-state index is 12.1. The molecule has 3 rings (SSSR count). The lowest BCUT2D eigenvalue weighted by molar-refractivity contribution is -0.384. The molecular weight excluding hydrogens is 460 g/mol. The van der Waals surface area contributed by atoms with Crippen LogP contribution in [0.1, 0.15) is 38.3 Å². The number of carbonyl (C=O) groups excluding carboxylic acids is 2. The van der Waals surface area contributed by atoms with Gasteiger partial charge in [-0.1, -0.05) is 45.0 Å². The van der Waals surface area contributed by atoms with E-state index in [-0.39, 0.29) is 11.1 Å². The molecule has 0 unspecified atom stereocenters. The number of nitro benzene ring substituents is 1. The van der Waals surface area contributed by atoms with Crippen LogP contribution in [0.4, 0.5) is 11.4 Å². The molecule has 3 aromatic carbocycles. The highest BCUT2D eigenvalue weighted by Crippen LogP contribution is 2.30. The van der Waals surface area contributed by atoms with Gasteiger partial charge in [0.25, 0.3) is 11.6 Å². The van der Waals surface area contributed by atoms with Gasteiger partial charge in [0.15, 0.2) is 6.61 Å². The molecule has 0 aromatic heterocycles. The van der Waals surface area contributed by atoms with Crippen molar-refractivity contribution in [2.24, 2.45) is 0 Å². The maximum absolute atomic E-state index is 12.1. The van der Waals surface area contributed by atoms with Gasteiger partial charge in [-0.15, -0.1) is 0 Å². The van der Waals surface area contributed by atoms with Crippen LogP contribution < -0.4 is 10.1 Å². The molecular formula is C28H28N2O6. The maximum Gasteiger partial charge on any atom is 0.331 e. The van der Waals surface area contributed by atoms with E-state index in [0.717, 1.165) is 12.5 Å². The Labute approximate surface area is 209 Å². The standard InChI is InChI=1S/C28H28N2O6/c1-4-28(2,3)21-9-13-24(14-10-21)36-25-15-11-22(12-16-25)29-26(31)19-35-27(32)17-8-20-6-5-7-23(18-20)30(33)34/h5-18H,4,19H2,1-3H3,(H,29,31)/b17-8+. The number of non-ortho nitro benzene ring substituents is 1. The van der Waals surface area contributed by atoms with Crippen molar-refractivity contribution in [3.05, 3.63) is 100 Å². The Hall–Kier alpha value is -4.46. The summed E-state index contributed by atoms with van der Waals surface area (Å²) in [6.07, 6.45) is 3.52. The SMILES string of the molecule is CCC(C)(C)c1ccc(Oc2ccc(NC(=O)COC(=O)/C=C/c3cccc([N+](=O)[O-])c3)cc2)cc1. The first-order valence-corrected chi connectivity index (χ1v) is 11.4. The lowest BCUT2D eigenvalue weighted by atomic mass is 9.82. The largest absolute Gasteiger partial charge is 0.457 e. The van der Waals surface area contributed by atoms with Gasteiger partial charge >= 0.3 is 5.97 Å². The first kappa shape index (κ1) is 26.2. The van der Waals surface area contributed by atoms with Crippen molar-refractivity contribution in [2.45, 2.75) is 32.6 Å². The second-order valence-corrected chi connectivity index (χ2v) is 8.73. The van der Waals surface area contributed by atoms with Crippen LogP contribution in [0, 0.1) is 10.1 Å². The van der Waals surface area contributed by atoms with E-state index in [1.165, 1.54) is 29.8 Å². The van der Waals surface area contributed by atoms with E-state index in [1.807, 2.05) is 12.1 Å². The summed E-state index contributed by atoms with van der Waals surface area (Å²) in [4.78, 5) is 34.3. The van der Waals surface area contributed by atoms with Crippen LogP contribution in [-0.4, -0.2) is 23.4 Å². The Kier molecular flexibility index (Phi) is 8.57. The van der Waals surface area contributed by atoms with Crippen molar-refractivity contribution < 1.29 is 24.0 Å². The van der Waals surface area contributed by atoms with E-state index < -0.39 is 23.4 Å². The monoisotopic (exact) mass is 488 g/mol. The minimum atomic E-state index is -0.742. The number of esters is 1. The predicted molar refractivity (Wildman–Crippen MR) is 138 cm³/mol. The summed E-state index contributed by atoms with van der Waals surface area (Å²) in [6, 6.07) is 20.6. The topological polar surface area (TPSA) is 108 Å². The third kappa shape index (κ3) is 7.53. The molecule has 8 heteroatoms. The van der Waals surface area contributed by atoms with Crippen LogP contribution in [0.25, 0.3) is 6.08 Å². The summed E-state index contributed by atoms with van der Waals surface area (Å²) >= 11 is 0. The lowest BCUT2D eigenvalue weighted by Gasteiger charge is -2.23. The quantitative estimate of drug-likeness (QED) is 0.156. The zero-order chi connectivity index (χ0) is 26.1. The summed E-state index contributed by atoms with van der Waals surface area (Å²) in [5, 5.41) is 13.5. The van der Waals surface area contributed by atoms with Gasteiger partial charge in [-0.3, -0.25) is 14.9 Å². The molecule has 0 aliphatic carbocycles. The Morgan fingerprint density at radius 2 is 1.64 bits per heavy atom. The van der Waals surface area contributed by atoms with Gasteiger partial charge in [-0.2, -0.15) is 0 Å². The van der Waals surface area contributed by atoms with E-state index in [2.05, 4.69) is 38.2 Å².